The molecular formula is C17H17N3O5S. The lowest BCUT2D eigenvalue weighted by atomic mass is 10.2. The summed E-state index contributed by atoms with van der Waals surface area (Å²) >= 11 is 0. The van der Waals surface area contributed by atoms with Crippen LogP contribution in [0.15, 0.2) is 47.6 Å². The standard InChI is InChI=1S/C17H17N3O5S/c21-17-8-12(19-26(22,23)14-2-1-5-18-10-14)11-20(17)13-3-4-15-16(9-13)25-7-6-24-15/h1-5,9-10,12,19H,6-8,11H2. The predicted molar refractivity (Wildman–Crippen MR) is 92.7 cm³/mol. The normalized spacial score (nSPS) is 19.6. The van der Waals surface area contributed by atoms with Crippen LogP contribution in [0.5, 0.6) is 11.5 Å². The van der Waals surface area contributed by atoms with Gasteiger partial charge in [0.05, 0.1) is 0 Å². The Morgan fingerprint density at radius 3 is 2.73 bits per heavy atom. The molecule has 2 aromatic rings. The molecule has 136 valence electrons. The lowest BCUT2D eigenvalue weighted by molar-refractivity contribution is -0.117. The summed E-state index contributed by atoms with van der Waals surface area (Å²) in [6.07, 6.45) is 2.87. The number of benzene rings is 1. The van der Waals surface area contributed by atoms with Crippen LogP contribution in [0.4, 0.5) is 5.69 Å². The van der Waals surface area contributed by atoms with Crippen LogP contribution < -0.4 is 19.1 Å². The van der Waals surface area contributed by atoms with Crippen LogP contribution in [0.3, 0.4) is 0 Å². The first-order valence-electron chi connectivity index (χ1n) is 8.15. The van der Waals surface area contributed by atoms with Gasteiger partial charge in [0.1, 0.15) is 18.1 Å². The van der Waals surface area contributed by atoms with E-state index in [4.69, 9.17) is 9.47 Å². The van der Waals surface area contributed by atoms with Crippen molar-refractivity contribution in [3.8, 4) is 11.5 Å². The molecule has 0 spiro atoms. The van der Waals surface area contributed by atoms with E-state index < -0.39 is 16.1 Å². The first kappa shape index (κ1) is 16.8. The van der Waals surface area contributed by atoms with Gasteiger partial charge in [-0.1, -0.05) is 0 Å². The molecule has 26 heavy (non-hydrogen) atoms. The number of rotatable bonds is 4. The average molecular weight is 375 g/mol. The maximum absolute atomic E-state index is 12.4. The molecule has 0 bridgehead atoms. The summed E-state index contributed by atoms with van der Waals surface area (Å²) in [5.41, 5.74) is 0.655. The van der Waals surface area contributed by atoms with Gasteiger partial charge in [-0.15, -0.1) is 0 Å². The highest BCUT2D eigenvalue weighted by Gasteiger charge is 2.34. The SMILES string of the molecule is O=C1CC(NS(=O)(=O)c2cccnc2)CN1c1ccc2c(c1)OCCO2. The van der Waals surface area contributed by atoms with E-state index in [0.29, 0.717) is 30.4 Å². The van der Waals surface area contributed by atoms with Gasteiger partial charge in [0, 0.05) is 43.2 Å². The van der Waals surface area contributed by atoms with Crippen LogP contribution in [0, 0.1) is 0 Å². The maximum atomic E-state index is 12.4. The fourth-order valence-corrected chi connectivity index (χ4v) is 4.22. The van der Waals surface area contributed by atoms with E-state index in [9.17, 15) is 13.2 Å². The summed E-state index contributed by atoms with van der Waals surface area (Å²) in [6.45, 7) is 1.20. The smallest absolute Gasteiger partial charge is 0.242 e. The zero-order valence-electron chi connectivity index (χ0n) is 13.8. The summed E-state index contributed by atoms with van der Waals surface area (Å²) < 4.78 is 38.4. The largest absolute Gasteiger partial charge is 0.486 e. The zero-order valence-corrected chi connectivity index (χ0v) is 14.6. The van der Waals surface area contributed by atoms with E-state index in [1.165, 1.54) is 18.5 Å². The van der Waals surface area contributed by atoms with Crippen molar-refractivity contribution >= 4 is 21.6 Å². The Kier molecular flexibility index (Phi) is 4.25. The maximum Gasteiger partial charge on any atom is 0.242 e. The topological polar surface area (TPSA) is 97.8 Å². The van der Waals surface area contributed by atoms with E-state index in [-0.39, 0.29) is 23.8 Å². The van der Waals surface area contributed by atoms with Crippen molar-refractivity contribution in [3.05, 3.63) is 42.7 Å². The lowest BCUT2D eigenvalue weighted by Gasteiger charge is -2.22. The lowest BCUT2D eigenvalue weighted by Crippen LogP contribution is -2.37. The molecule has 8 nitrogen and oxygen atoms in total. The molecule has 3 heterocycles. The van der Waals surface area contributed by atoms with Gasteiger partial charge in [-0.05, 0) is 24.3 Å². The quantitative estimate of drug-likeness (QED) is 0.854. The summed E-state index contributed by atoms with van der Waals surface area (Å²) in [4.78, 5) is 17.8. The number of nitrogens with zero attached hydrogens (tertiary/aromatic N) is 2. The van der Waals surface area contributed by atoms with Crippen molar-refractivity contribution in [1.29, 1.82) is 0 Å². The highest BCUT2D eigenvalue weighted by molar-refractivity contribution is 7.89. The fraction of sp³-hybridized carbons (Fsp3) is 0.294. The van der Waals surface area contributed by atoms with Crippen molar-refractivity contribution in [1.82, 2.24) is 9.71 Å². The third kappa shape index (κ3) is 3.23. The Labute approximate surface area is 150 Å². The summed E-state index contributed by atoms with van der Waals surface area (Å²) in [7, 11) is -3.72. The highest BCUT2D eigenvalue weighted by Crippen LogP contribution is 2.35. The molecule has 1 N–H and O–H groups in total. The zero-order chi connectivity index (χ0) is 18.1. The number of nitrogens with one attached hydrogen (secondary N) is 1. The number of carbonyl (C=O) groups is 1. The number of amides is 1. The van der Waals surface area contributed by atoms with Crippen molar-refractivity contribution in [2.45, 2.75) is 17.4 Å². The molecule has 1 fully saturated rings. The number of hydrogen-bond donors (Lipinski definition) is 1. The molecule has 0 aliphatic carbocycles. The predicted octanol–water partition coefficient (Wildman–Crippen LogP) is 0.937. The van der Waals surface area contributed by atoms with Gasteiger partial charge in [0.15, 0.2) is 11.5 Å². The van der Waals surface area contributed by atoms with E-state index in [2.05, 4.69) is 9.71 Å². The first-order chi connectivity index (χ1) is 12.5. The van der Waals surface area contributed by atoms with Gasteiger partial charge >= 0.3 is 0 Å². The van der Waals surface area contributed by atoms with Crippen LogP contribution in [0.1, 0.15) is 6.42 Å². The number of hydrogen-bond acceptors (Lipinski definition) is 6. The van der Waals surface area contributed by atoms with Gasteiger partial charge in [0.2, 0.25) is 15.9 Å². The monoisotopic (exact) mass is 375 g/mol. The number of carbonyl (C=O) groups excluding carboxylic acids is 1. The van der Waals surface area contributed by atoms with Crippen molar-refractivity contribution in [2.24, 2.45) is 0 Å². The van der Waals surface area contributed by atoms with E-state index in [1.807, 2.05) is 0 Å². The minimum Gasteiger partial charge on any atom is -0.486 e. The molecule has 9 heteroatoms. The molecule has 2 aliphatic rings. The van der Waals surface area contributed by atoms with Gasteiger partial charge in [-0.2, -0.15) is 0 Å². The van der Waals surface area contributed by atoms with Crippen LogP contribution in [-0.4, -0.2) is 45.1 Å². The molecule has 1 unspecified atom stereocenters. The molecular weight excluding hydrogens is 358 g/mol. The first-order valence-corrected chi connectivity index (χ1v) is 9.64. The molecule has 1 aromatic heterocycles. The number of fused-ring (bicyclic) bond motifs is 1. The van der Waals surface area contributed by atoms with Crippen LogP contribution >= 0.6 is 0 Å². The Morgan fingerprint density at radius 1 is 1.15 bits per heavy atom. The van der Waals surface area contributed by atoms with Gasteiger partial charge in [-0.25, -0.2) is 13.1 Å². The van der Waals surface area contributed by atoms with Crippen LogP contribution in [0.25, 0.3) is 0 Å². The summed E-state index contributed by atoms with van der Waals surface area (Å²) in [5, 5.41) is 0. The van der Waals surface area contributed by atoms with Gasteiger partial charge in [0.25, 0.3) is 0 Å². The number of pyridine rings is 1. The van der Waals surface area contributed by atoms with Gasteiger partial charge in [-0.3, -0.25) is 9.78 Å². The van der Waals surface area contributed by atoms with Crippen molar-refractivity contribution in [3.63, 3.8) is 0 Å². The molecule has 2 aliphatic heterocycles. The second-order valence-electron chi connectivity index (χ2n) is 6.04. The van der Waals surface area contributed by atoms with Crippen molar-refractivity contribution < 1.29 is 22.7 Å². The van der Waals surface area contributed by atoms with Crippen molar-refractivity contribution in [2.75, 3.05) is 24.7 Å². The number of anilines is 1. The minimum atomic E-state index is -3.72. The summed E-state index contributed by atoms with van der Waals surface area (Å²) in [5.74, 6) is 1.07. The number of ether oxygens (including phenoxy) is 2. The number of aromatic nitrogens is 1. The Bertz CT molecular complexity index is 933. The number of sulfonamides is 1. The molecule has 0 radical (unpaired) electrons. The average Bonchev–Trinajstić information content (AvgIpc) is 3.01. The Hall–Kier alpha value is -2.65. The Morgan fingerprint density at radius 2 is 1.96 bits per heavy atom. The minimum absolute atomic E-state index is 0.0743. The molecule has 1 atom stereocenters. The second kappa shape index (κ2) is 6.58. The molecule has 4 rings (SSSR count). The van der Waals surface area contributed by atoms with E-state index >= 15 is 0 Å². The van der Waals surface area contributed by atoms with E-state index in [1.54, 1.807) is 29.2 Å². The van der Waals surface area contributed by atoms with Crippen LogP contribution in [0.2, 0.25) is 0 Å². The van der Waals surface area contributed by atoms with E-state index in [0.717, 1.165) is 0 Å². The molecule has 1 saturated heterocycles. The molecule has 1 aromatic carbocycles. The summed E-state index contributed by atoms with van der Waals surface area (Å²) in [6, 6.07) is 7.76. The fourth-order valence-electron chi connectivity index (χ4n) is 3.03. The highest BCUT2D eigenvalue weighted by atomic mass is 32.2. The molecule has 0 saturated carbocycles. The third-order valence-electron chi connectivity index (χ3n) is 4.23. The Balaban J connectivity index is 1.51. The molecule has 1 amide bonds. The van der Waals surface area contributed by atoms with Gasteiger partial charge < -0.3 is 14.4 Å². The van der Waals surface area contributed by atoms with Crippen LogP contribution in [-0.2, 0) is 14.8 Å². The third-order valence-corrected chi connectivity index (χ3v) is 5.73. The second-order valence-corrected chi connectivity index (χ2v) is 7.76.